The summed E-state index contributed by atoms with van der Waals surface area (Å²) < 4.78 is 37.9. The van der Waals surface area contributed by atoms with Gasteiger partial charge in [0.2, 0.25) is 10.0 Å². The van der Waals surface area contributed by atoms with Crippen molar-refractivity contribution in [3.8, 4) is 11.3 Å². The minimum absolute atomic E-state index is 0.0477. The van der Waals surface area contributed by atoms with E-state index >= 15 is 0 Å². The number of rotatable bonds is 6. The molecule has 1 N–H and O–H groups in total. The number of aromatic nitrogens is 1. The molecule has 8 nitrogen and oxygen atoms in total. The third-order valence-electron chi connectivity index (χ3n) is 4.80. The number of benzene rings is 2. The lowest BCUT2D eigenvalue weighted by atomic mass is 10.1. The Bertz CT molecular complexity index is 1120. The van der Waals surface area contributed by atoms with Crippen LogP contribution in [0, 0.1) is 0 Å². The maximum atomic E-state index is 13.0. The summed E-state index contributed by atoms with van der Waals surface area (Å²) in [5.74, 6) is 0.0375. The molecule has 0 unspecified atom stereocenters. The SMILES string of the molecule is O=C(NCc1ccccc1S(=O)(=O)N1CCOCC1)c1cc(-c2ccccc2)on1. The fraction of sp³-hybridized carbons (Fsp3) is 0.238. The van der Waals surface area contributed by atoms with Crippen molar-refractivity contribution in [2.45, 2.75) is 11.4 Å². The summed E-state index contributed by atoms with van der Waals surface area (Å²) in [6.07, 6.45) is 0. The van der Waals surface area contributed by atoms with E-state index in [-0.39, 0.29) is 17.1 Å². The second kappa shape index (κ2) is 8.78. The minimum atomic E-state index is -3.67. The molecule has 0 aliphatic carbocycles. The lowest BCUT2D eigenvalue weighted by Crippen LogP contribution is -2.41. The monoisotopic (exact) mass is 427 g/mol. The van der Waals surface area contributed by atoms with Gasteiger partial charge in [-0.15, -0.1) is 0 Å². The van der Waals surface area contributed by atoms with Crippen molar-refractivity contribution < 1.29 is 22.5 Å². The normalized spacial score (nSPS) is 15.1. The van der Waals surface area contributed by atoms with Crippen molar-refractivity contribution in [1.29, 1.82) is 0 Å². The molecule has 30 heavy (non-hydrogen) atoms. The molecular weight excluding hydrogens is 406 g/mol. The van der Waals surface area contributed by atoms with E-state index in [1.807, 2.05) is 30.3 Å². The van der Waals surface area contributed by atoms with Crippen LogP contribution in [-0.4, -0.2) is 50.1 Å². The predicted molar refractivity (Wildman–Crippen MR) is 109 cm³/mol. The second-order valence-corrected chi connectivity index (χ2v) is 8.66. The lowest BCUT2D eigenvalue weighted by Gasteiger charge is -2.27. The van der Waals surface area contributed by atoms with E-state index in [1.54, 1.807) is 30.3 Å². The van der Waals surface area contributed by atoms with E-state index in [9.17, 15) is 13.2 Å². The molecule has 3 aromatic rings. The Labute approximate surface area is 174 Å². The summed E-state index contributed by atoms with van der Waals surface area (Å²) in [6, 6.07) is 17.5. The van der Waals surface area contributed by atoms with Crippen LogP contribution in [0.4, 0.5) is 0 Å². The Kier molecular flexibility index (Phi) is 5.93. The molecule has 4 rings (SSSR count). The first-order chi connectivity index (χ1) is 14.6. The molecule has 0 radical (unpaired) electrons. The fourth-order valence-corrected chi connectivity index (χ4v) is 4.84. The van der Waals surface area contributed by atoms with E-state index in [0.29, 0.717) is 37.6 Å². The van der Waals surface area contributed by atoms with E-state index < -0.39 is 15.9 Å². The Hall–Kier alpha value is -3.01. The molecule has 0 bridgehead atoms. The second-order valence-electron chi connectivity index (χ2n) is 6.75. The molecular formula is C21H21N3O5S. The molecule has 0 atom stereocenters. The van der Waals surface area contributed by atoms with Gasteiger partial charge in [-0.05, 0) is 11.6 Å². The first kappa shape index (κ1) is 20.3. The summed E-state index contributed by atoms with van der Waals surface area (Å²) in [5, 5.41) is 6.55. The number of hydrogen-bond donors (Lipinski definition) is 1. The van der Waals surface area contributed by atoms with Crippen molar-refractivity contribution in [3.63, 3.8) is 0 Å². The van der Waals surface area contributed by atoms with Crippen molar-refractivity contribution >= 4 is 15.9 Å². The highest BCUT2D eigenvalue weighted by Gasteiger charge is 2.28. The number of sulfonamides is 1. The van der Waals surface area contributed by atoms with Crippen LogP contribution >= 0.6 is 0 Å². The molecule has 0 saturated carbocycles. The molecule has 1 amide bonds. The summed E-state index contributed by atoms with van der Waals surface area (Å²) in [6.45, 7) is 1.41. The van der Waals surface area contributed by atoms with Crippen molar-refractivity contribution in [2.24, 2.45) is 0 Å². The van der Waals surface area contributed by atoms with Crippen LogP contribution in [0.3, 0.4) is 0 Å². The van der Waals surface area contributed by atoms with Gasteiger partial charge >= 0.3 is 0 Å². The van der Waals surface area contributed by atoms with E-state index in [2.05, 4.69) is 10.5 Å². The van der Waals surface area contributed by atoms with E-state index in [1.165, 1.54) is 4.31 Å². The maximum Gasteiger partial charge on any atom is 0.273 e. The summed E-state index contributed by atoms with van der Waals surface area (Å²) in [4.78, 5) is 12.7. The van der Waals surface area contributed by atoms with Gasteiger partial charge < -0.3 is 14.6 Å². The third-order valence-corrected chi connectivity index (χ3v) is 6.80. The van der Waals surface area contributed by atoms with E-state index in [0.717, 1.165) is 5.56 Å². The Morgan fingerprint density at radius 2 is 1.73 bits per heavy atom. The van der Waals surface area contributed by atoms with Crippen molar-refractivity contribution in [3.05, 3.63) is 71.9 Å². The highest BCUT2D eigenvalue weighted by Crippen LogP contribution is 2.22. The van der Waals surface area contributed by atoms with Gasteiger partial charge in [0.15, 0.2) is 11.5 Å². The summed E-state index contributed by atoms with van der Waals surface area (Å²) in [5.41, 5.74) is 1.44. The van der Waals surface area contributed by atoms with Gasteiger partial charge in [0, 0.05) is 31.3 Å². The lowest BCUT2D eigenvalue weighted by molar-refractivity contribution is 0.0730. The first-order valence-corrected chi connectivity index (χ1v) is 11.0. The van der Waals surface area contributed by atoms with Crippen LogP contribution in [0.2, 0.25) is 0 Å². The first-order valence-electron chi connectivity index (χ1n) is 9.52. The van der Waals surface area contributed by atoms with Gasteiger partial charge in [0.25, 0.3) is 5.91 Å². The standard InChI is InChI=1S/C21H21N3O5S/c25-21(18-14-19(29-23-18)16-6-2-1-3-7-16)22-15-17-8-4-5-9-20(17)30(26,27)24-10-12-28-13-11-24/h1-9,14H,10-13,15H2,(H,22,25). The maximum absolute atomic E-state index is 13.0. The average Bonchev–Trinajstić information content (AvgIpc) is 3.29. The third kappa shape index (κ3) is 4.28. The molecule has 1 aliphatic heterocycles. The quantitative estimate of drug-likeness (QED) is 0.648. The smallest absolute Gasteiger partial charge is 0.273 e. The van der Waals surface area contributed by atoms with E-state index in [4.69, 9.17) is 9.26 Å². The van der Waals surface area contributed by atoms with Crippen LogP contribution in [0.25, 0.3) is 11.3 Å². The zero-order valence-corrected chi connectivity index (χ0v) is 17.0. The van der Waals surface area contributed by atoms with Gasteiger partial charge in [-0.3, -0.25) is 4.79 Å². The minimum Gasteiger partial charge on any atom is -0.379 e. The average molecular weight is 427 g/mol. The molecule has 2 aromatic carbocycles. The number of nitrogens with one attached hydrogen (secondary N) is 1. The summed E-state index contributed by atoms with van der Waals surface area (Å²) in [7, 11) is -3.67. The Morgan fingerprint density at radius 1 is 1.03 bits per heavy atom. The van der Waals surface area contributed by atoms with Crippen LogP contribution in [0.15, 0.2) is 70.1 Å². The molecule has 156 valence electrons. The fourth-order valence-electron chi connectivity index (χ4n) is 3.21. The van der Waals surface area contributed by atoms with Crippen molar-refractivity contribution in [2.75, 3.05) is 26.3 Å². The predicted octanol–water partition coefficient (Wildman–Crippen LogP) is 2.29. The molecule has 9 heteroatoms. The highest BCUT2D eigenvalue weighted by molar-refractivity contribution is 7.89. The number of hydrogen-bond acceptors (Lipinski definition) is 6. The van der Waals surface area contributed by atoms with Crippen LogP contribution < -0.4 is 5.32 Å². The molecule has 1 aromatic heterocycles. The zero-order chi connectivity index (χ0) is 21.0. The largest absolute Gasteiger partial charge is 0.379 e. The zero-order valence-electron chi connectivity index (χ0n) is 16.2. The van der Waals surface area contributed by atoms with Gasteiger partial charge in [-0.2, -0.15) is 4.31 Å². The Balaban J connectivity index is 1.48. The topological polar surface area (TPSA) is 102 Å². The van der Waals surface area contributed by atoms with Gasteiger partial charge in [-0.1, -0.05) is 53.7 Å². The van der Waals surface area contributed by atoms with Gasteiger partial charge in [-0.25, -0.2) is 8.42 Å². The molecule has 1 aliphatic rings. The highest BCUT2D eigenvalue weighted by atomic mass is 32.2. The molecule has 2 heterocycles. The number of ether oxygens (including phenoxy) is 1. The number of amides is 1. The molecule has 1 saturated heterocycles. The van der Waals surface area contributed by atoms with Crippen LogP contribution in [0.5, 0.6) is 0 Å². The van der Waals surface area contributed by atoms with Crippen LogP contribution in [-0.2, 0) is 21.3 Å². The number of morpholine rings is 1. The van der Waals surface area contributed by atoms with Crippen LogP contribution in [0.1, 0.15) is 16.1 Å². The van der Waals surface area contributed by atoms with Gasteiger partial charge in [0.1, 0.15) is 0 Å². The number of carbonyl (C=O) groups is 1. The summed E-state index contributed by atoms with van der Waals surface area (Å²) >= 11 is 0. The molecule has 1 fully saturated rings. The number of carbonyl (C=O) groups excluding carboxylic acids is 1. The molecule has 0 spiro atoms. The van der Waals surface area contributed by atoms with Gasteiger partial charge in [0.05, 0.1) is 18.1 Å². The number of nitrogens with zero attached hydrogens (tertiary/aromatic N) is 2. The van der Waals surface area contributed by atoms with Crippen molar-refractivity contribution in [1.82, 2.24) is 14.8 Å². The Morgan fingerprint density at radius 3 is 2.50 bits per heavy atom.